The van der Waals surface area contributed by atoms with Gasteiger partial charge in [0.2, 0.25) is 5.95 Å². The van der Waals surface area contributed by atoms with E-state index in [1.165, 1.54) is 0 Å². The molecule has 1 aliphatic rings. The molecule has 24 heteroatoms. The lowest BCUT2D eigenvalue weighted by Crippen LogP contribution is -2.46. The van der Waals surface area contributed by atoms with E-state index in [0.29, 0.717) is 0 Å². The van der Waals surface area contributed by atoms with E-state index in [1.807, 2.05) is 0 Å². The first-order valence-electron chi connectivity index (χ1n) is 10.7. The number of hydrogen-bond donors (Lipinski definition) is 9. The molecule has 0 bridgehead atoms. The number of nitrogens with two attached hydrogens (primary N) is 1. The summed E-state index contributed by atoms with van der Waals surface area (Å²) in [6.07, 6.45) is -11.3. The maximum Gasteiger partial charge on any atom is 0.747 e. The molecule has 10 atom stereocenters. The first-order chi connectivity index (χ1) is 18.9. The fourth-order valence-electron chi connectivity index (χ4n) is 3.17. The molecule has 1 aliphatic heterocycles. The predicted octanol–water partition coefficient (Wildman–Crippen LogP) is -3.07. The molecule has 0 radical (unpaired) electrons. The van der Waals surface area contributed by atoms with Gasteiger partial charge in [0, 0.05) is 14.0 Å². The molecule has 220 valence electrons. The van der Waals surface area contributed by atoms with E-state index in [4.69, 9.17) is 51.0 Å². The number of carbonyl (C=O) groups is 1. The standard InChI is InChI=1S/C10H11N8O8P2.C6H12O6/c11-7-4-8(14-2-13-7)18(10(15-4)16-17-12)9-6(20)5(19)3(25-9)1-24-28(23)26-27(21)22;7-1-3(9)5(11)6(12)4(10)2-8/h2-3,5-6,9,19-20H,1H2,(H2-,11,13,14,21,22);1,3-6,8-12H,2H2/q+1;/p+1/t3-,5-,6-,9-;3-,4+,5+,6+/m10/s1. The SMILES string of the molecule is O=C[C@H](O)[C@@H](O)[C@H](O)[C@H](O)CO.[N-]=[N+]=Nc1nc2c(N)ncnc2n1[C@@H]1O[C@H](CO[P+](=O)O[P+](=O)O)[C@@H](O)[C@H]1O. The molecule has 1 fully saturated rings. The Morgan fingerprint density at radius 1 is 1.23 bits per heavy atom. The van der Waals surface area contributed by atoms with E-state index < -0.39 is 78.7 Å². The highest BCUT2D eigenvalue weighted by Gasteiger charge is 2.47. The van der Waals surface area contributed by atoms with Gasteiger partial charge in [-0.05, 0) is 10.6 Å². The lowest BCUT2D eigenvalue weighted by atomic mass is 10.0. The summed E-state index contributed by atoms with van der Waals surface area (Å²) in [5.41, 5.74) is 14.6. The summed E-state index contributed by atoms with van der Waals surface area (Å²) in [6, 6.07) is 0. The first-order valence-corrected chi connectivity index (χ1v) is 12.9. The largest absolute Gasteiger partial charge is 0.747 e. The Morgan fingerprint density at radius 3 is 2.48 bits per heavy atom. The van der Waals surface area contributed by atoms with Gasteiger partial charge in [-0.25, -0.2) is 15.0 Å². The number of azide groups is 1. The highest BCUT2D eigenvalue weighted by atomic mass is 31.2. The second-order valence-corrected chi connectivity index (χ2v) is 9.48. The zero-order valence-corrected chi connectivity index (χ0v) is 21.6. The topological polar surface area (TPSA) is 359 Å². The molecule has 0 aromatic carbocycles. The Kier molecular flexibility index (Phi) is 12.6. The van der Waals surface area contributed by atoms with E-state index in [0.717, 1.165) is 10.9 Å². The molecule has 0 saturated carbocycles. The normalized spacial score (nSPS) is 24.2. The summed E-state index contributed by atoms with van der Waals surface area (Å²) in [5, 5.41) is 67.5. The number of fused-ring (bicyclic) bond motifs is 1. The van der Waals surface area contributed by atoms with Crippen LogP contribution in [0.3, 0.4) is 0 Å². The number of aliphatic hydroxyl groups excluding tert-OH is 7. The van der Waals surface area contributed by atoms with Gasteiger partial charge in [-0.1, -0.05) is 0 Å². The number of aldehydes is 1. The number of imidazole rings is 1. The second kappa shape index (κ2) is 15.2. The predicted molar refractivity (Wildman–Crippen MR) is 126 cm³/mol. The number of hydrogen-bond acceptors (Lipinski definition) is 18. The fraction of sp³-hybridized carbons (Fsp3) is 0.625. The third kappa shape index (κ3) is 8.07. The van der Waals surface area contributed by atoms with E-state index >= 15 is 0 Å². The van der Waals surface area contributed by atoms with Gasteiger partial charge in [-0.3, -0.25) is 4.57 Å². The molecule has 0 aliphatic carbocycles. The highest BCUT2D eigenvalue weighted by Crippen LogP contribution is 2.39. The van der Waals surface area contributed by atoms with Gasteiger partial charge >= 0.3 is 16.5 Å². The summed E-state index contributed by atoms with van der Waals surface area (Å²) in [5.74, 6) is -0.271. The van der Waals surface area contributed by atoms with E-state index in [-0.39, 0.29) is 29.2 Å². The number of rotatable bonds is 12. The zero-order valence-electron chi connectivity index (χ0n) is 19.8. The number of nitrogens with zero attached hydrogens (tertiary/aromatic N) is 7. The molecule has 22 nitrogen and oxygen atoms in total. The van der Waals surface area contributed by atoms with Crippen molar-refractivity contribution in [1.82, 2.24) is 19.5 Å². The van der Waals surface area contributed by atoms with Crippen LogP contribution in [0.5, 0.6) is 0 Å². The van der Waals surface area contributed by atoms with Gasteiger partial charge in [0.1, 0.15) is 55.7 Å². The maximum atomic E-state index is 11.3. The van der Waals surface area contributed by atoms with Gasteiger partial charge in [0.15, 0.2) is 33.8 Å². The van der Waals surface area contributed by atoms with Crippen molar-refractivity contribution in [1.29, 1.82) is 0 Å². The van der Waals surface area contributed by atoms with Crippen molar-refractivity contribution < 1.29 is 68.1 Å². The van der Waals surface area contributed by atoms with Crippen molar-refractivity contribution in [3.63, 3.8) is 0 Å². The van der Waals surface area contributed by atoms with Gasteiger partial charge in [-0.2, -0.15) is 0 Å². The van der Waals surface area contributed by atoms with Crippen LogP contribution in [-0.2, 0) is 27.5 Å². The molecule has 1 saturated heterocycles. The Labute approximate surface area is 223 Å². The minimum absolute atomic E-state index is 0.0154. The smallest absolute Gasteiger partial charge is 0.394 e. The van der Waals surface area contributed by atoms with E-state index in [9.17, 15) is 24.1 Å². The summed E-state index contributed by atoms with van der Waals surface area (Å²) >= 11 is 0. The Hall–Kier alpha value is -2.91. The molecule has 2 aromatic heterocycles. The van der Waals surface area contributed by atoms with Crippen LogP contribution < -0.4 is 5.73 Å². The summed E-state index contributed by atoms with van der Waals surface area (Å²) in [7, 11) is -6.10. The Morgan fingerprint density at radius 2 is 1.90 bits per heavy atom. The average molecular weight is 614 g/mol. The van der Waals surface area contributed by atoms with Gasteiger partial charge in [0.25, 0.3) is 0 Å². The number of aromatic nitrogens is 4. The van der Waals surface area contributed by atoms with Crippen molar-refractivity contribution in [2.24, 2.45) is 5.11 Å². The molecular formula is C16H24N8O14P2+2. The third-order valence-corrected chi connectivity index (χ3v) is 6.57. The summed E-state index contributed by atoms with van der Waals surface area (Å²) in [4.78, 5) is 32.8. The van der Waals surface area contributed by atoms with Crippen LogP contribution in [0, 0.1) is 0 Å². The van der Waals surface area contributed by atoms with Crippen LogP contribution in [0.15, 0.2) is 11.4 Å². The van der Waals surface area contributed by atoms with Crippen molar-refractivity contribution in [3.8, 4) is 0 Å². The monoisotopic (exact) mass is 614 g/mol. The van der Waals surface area contributed by atoms with Crippen LogP contribution >= 0.6 is 16.5 Å². The number of carbonyl (C=O) groups excluding carboxylic acids is 1. The minimum Gasteiger partial charge on any atom is -0.394 e. The van der Waals surface area contributed by atoms with Gasteiger partial charge < -0.3 is 51.0 Å². The van der Waals surface area contributed by atoms with Gasteiger partial charge in [-0.15, -0.1) is 9.42 Å². The van der Waals surface area contributed by atoms with Crippen LogP contribution in [0.1, 0.15) is 6.23 Å². The number of aliphatic hydroxyl groups is 7. The average Bonchev–Trinajstić information content (AvgIpc) is 3.42. The molecule has 3 rings (SSSR count). The zero-order chi connectivity index (χ0) is 30.1. The fourth-order valence-corrected chi connectivity index (χ4v) is 4.09. The van der Waals surface area contributed by atoms with Crippen molar-refractivity contribution >= 4 is 45.7 Å². The quantitative estimate of drug-likeness (QED) is 0.0376. The number of anilines is 1. The number of nitrogen functional groups attached to an aromatic ring is 1. The molecular weight excluding hydrogens is 590 g/mol. The Balaban J connectivity index is 0.000000395. The lowest BCUT2D eigenvalue weighted by Gasteiger charge is -2.22. The van der Waals surface area contributed by atoms with Crippen LogP contribution in [0.4, 0.5) is 11.8 Å². The Bertz CT molecular complexity index is 1250. The van der Waals surface area contributed by atoms with Crippen LogP contribution in [-0.4, -0.2) is 122 Å². The summed E-state index contributed by atoms with van der Waals surface area (Å²) in [6.45, 7) is -1.31. The molecule has 3 heterocycles. The van der Waals surface area contributed by atoms with Crippen molar-refractivity contribution in [2.45, 2.75) is 49.0 Å². The van der Waals surface area contributed by atoms with E-state index in [2.05, 4.69) is 29.3 Å². The van der Waals surface area contributed by atoms with Crippen LogP contribution in [0.2, 0.25) is 0 Å². The second-order valence-electron chi connectivity index (χ2n) is 7.65. The van der Waals surface area contributed by atoms with Crippen LogP contribution in [0.25, 0.3) is 21.6 Å². The third-order valence-electron chi connectivity index (χ3n) is 5.11. The maximum absolute atomic E-state index is 11.3. The molecule has 2 aromatic rings. The lowest BCUT2D eigenvalue weighted by molar-refractivity contribution is -0.136. The number of ether oxygens (including phenoxy) is 1. The van der Waals surface area contributed by atoms with Crippen molar-refractivity contribution in [2.75, 3.05) is 18.9 Å². The van der Waals surface area contributed by atoms with E-state index in [1.54, 1.807) is 0 Å². The molecule has 40 heavy (non-hydrogen) atoms. The highest BCUT2D eigenvalue weighted by molar-refractivity contribution is 7.47. The molecule has 0 spiro atoms. The first kappa shape index (κ1) is 33.3. The minimum atomic E-state index is -3.15. The van der Waals surface area contributed by atoms with Gasteiger partial charge in [0.05, 0.1) is 6.61 Å². The molecule has 10 N–H and O–H groups in total. The molecule has 0 amide bonds. The molecule has 2 unspecified atom stereocenters. The summed E-state index contributed by atoms with van der Waals surface area (Å²) < 4.78 is 37.1. The van der Waals surface area contributed by atoms with Crippen molar-refractivity contribution in [3.05, 3.63) is 16.8 Å².